The van der Waals surface area contributed by atoms with Gasteiger partial charge >= 0.3 is 0 Å². The summed E-state index contributed by atoms with van der Waals surface area (Å²) < 4.78 is 5.51. The van der Waals surface area contributed by atoms with E-state index in [1.54, 1.807) is 7.11 Å². The molecule has 2 fully saturated rings. The first-order chi connectivity index (χ1) is 8.21. The standard InChI is InChI=1S/C12H23N3O2/c1-17-12(3-2-4-12)7-11(16)15-6-5-14-9-10(15)8-13/h10,14H,2-9,13H2,1H3. The molecule has 2 aliphatic rings. The summed E-state index contributed by atoms with van der Waals surface area (Å²) in [7, 11) is 1.71. The molecule has 0 aromatic rings. The minimum atomic E-state index is -0.179. The number of nitrogens with one attached hydrogen (secondary N) is 1. The Balaban J connectivity index is 1.93. The Morgan fingerprint density at radius 1 is 1.59 bits per heavy atom. The molecule has 1 atom stereocenters. The minimum absolute atomic E-state index is 0.144. The van der Waals surface area contributed by atoms with Crippen LogP contribution in [-0.2, 0) is 9.53 Å². The second-order valence-electron chi connectivity index (χ2n) is 5.10. The van der Waals surface area contributed by atoms with Crippen molar-refractivity contribution in [3.8, 4) is 0 Å². The fourth-order valence-corrected chi connectivity index (χ4v) is 2.70. The predicted molar refractivity (Wildman–Crippen MR) is 65.6 cm³/mol. The van der Waals surface area contributed by atoms with Gasteiger partial charge in [-0.25, -0.2) is 0 Å². The highest BCUT2D eigenvalue weighted by Gasteiger charge is 2.41. The van der Waals surface area contributed by atoms with Gasteiger partial charge in [0.05, 0.1) is 18.1 Å². The number of nitrogens with zero attached hydrogens (tertiary/aromatic N) is 1. The summed E-state index contributed by atoms with van der Waals surface area (Å²) in [5, 5.41) is 3.27. The van der Waals surface area contributed by atoms with Gasteiger partial charge in [-0.2, -0.15) is 0 Å². The first kappa shape index (κ1) is 12.8. The van der Waals surface area contributed by atoms with Crippen LogP contribution in [0.15, 0.2) is 0 Å². The lowest BCUT2D eigenvalue weighted by Gasteiger charge is -2.43. The molecular formula is C12H23N3O2. The first-order valence-electron chi connectivity index (χ1n) is 6.46. The monoisotopic (exact) mass is 241 g/mol. The molecule has 2 rings (SSSR count). The van der Waals surface area contributed by atoms with Gasteiger partial charge in [0.2, 0.25) is 5.91 Å². The molecule has 1 amide bonds. The second-order valence-corrected chi connectivity index (χ2v) is 5.10. The normalized spacial score (nSPS) is 27.6. The van der Waals surface area contributed by atoms with Crippen LogP contribution in [0, 0.1) is 0 Å². The molecular weight excluding hydrogens is 218 g/mol. The summed E-state index contributed by atoms with van der Waals surface area (Å²) in [6, 6.07) is 0.144. The summed E-state index contributed by atoms with van der Waals surface area (Å²) in [6.07, 6.45) is 3.70. The predicted octanol–water partition coefficient (Wildman–Crippen LogP) is -0.295. The van der Waals surface area contributed by atoms with Crippen molar-refractivity contribution in [2.45, 2.75) is 37.3 Å². The Bertz CT molecular complexity index is 273. The number of methoxy groups -OCH3 is 1. The molecule has 98 valence electrons. The molecule has 0 spiro atoms. The number of amides is 1. The molecule has 5 nitrogen and oxygen atoms in total. The number of ether oxygens (including phenoxy) is 1. The van der Waals surface area contributed by atoms with Crippen LogP contribution in [0.3, 0.4) is 0 Å². The van der Waals surface area contributed by atoms with Gasteiger partial charge in [0.25, 0.3) is 0 Å². The zero-order valence-corrected chi connectivity index (χ0v) is 10.6. The average molecular weight is 241 g/mol. The quantitative estimate of drug-likeness (QED) is 0.709. The third kappa shape index (κ3) is 2.61. The van der Waals surface area contributed by atoms with Crippen molar-refractivity contribution in [2.24, 2.45) is 5.73 Å². The van der Waals surface area contributed by atoms with E-state index < -0.39 is 0 Å². The molecule has 5 heteroatoms. The van der Waals surface area contributed by atoms with Gasteiger partial charge < -0.3 is 20.7 Å². The van der Waals surface area contributed by atoms with E-state index in [0.29, 0.717) is 13.0 Å². The largest absolute Gasteiger partial charge is 0.378 e. The van der Waals surface area contributed by atoms with Crippen LogP contribution >= 0.6 is 0 Å². The van der Waals surface area contributed by atoms with Crippen LogP contribution in [0.2, 0.25) is 0 Å². The lowest BCUT2D eigenvalue weighted by molar-refractivity contribution is -0.146. The van der Waals surface area contributed by atoms with E-state index in [0.717, 1.165) is 32.5 Å². The average Bonchev–Trinajstić information content (AvgIpc) is 2.33. The van der Waals surface area contributed by atoms with Crippen molar-refractivity contribution in [2.75, 3.05) is 33.3 Å². The van der Waals surface area contributed by atoms with Crippen molar-refractivity contribution in [1.82, 2.24) is 10.2 Å². The van der Waals surface area contributed by atoms with Crippen LogP contribution in [-0.4, -0.2) is 55.7 Å². The Hall–Kier alpha value is -0.650. The molecule has 0 bridgehead atoms. The number of carbonyl (C=O) groups excluding carboxylic acids is 1. The SMILES string of the molecule is COC1(CC(=O)N2CCNCC2CN)CCC1. The molecule has 1 aliphatic heterocycles. The maximum Gasteiger partial charge on any atom is 0.225 e. The Morgan fingerprint density at radius 2 is 2.35 bits per heavy atom. The van der Waals surface area contributed by atoms with Crippen LogP contribution < -0.4 is 11.1 Å². The molecule has 0 radical (unpaired) electrons. The molecule has 3 N–H and O–H groups in total. The third-order valence-corrected chi connectivity index (χ3v) is 4.11. The smallest absolute Gasteiger partial charge is 0.225 e. The van der Waals surface area contributed by atoms with E-state index in [2.05, 4.69) is 5.32 Å². The van der Waals surface area contributed by atoms with E-state index in [-0.39, 0.29) is 17.6 Å². The number of carbonyl (C=O) groups is 1. The summed E-state index contributed by atoms with van der Waals surface area (Å²) in [5.41, 5.74) is 5.53. The van der Waals surface area contributed by atoms with Crippen molar-refractivity contribution < 1.29 is 9.53 Å². The maximum atomic E-state index is 12.3. The van der Waals surface area contributed by atoms with Gasteiger partial charge in [-0.15, -0.1) is 0 Å². The molecule has 1 aliphatic carbocycles. The van der Waals surface area contributed by atoms with Gasteiger partial charge in [0, 0.05) is 33.3 Å². The van der Waals surface area contributed by atoms with Crippen molar-refractivity contribution in [1.29, 1.82) is 0 Å². The summed E-state index contributed by atoms with van der Waals surface area (Å²) in [4.78, 5) is 14.2. The molecule has 0 aromatic carbocycles. The fraction of sp³-hybridized carbons (Fsp3) is 0.917. The topological polar surface area (TPSA) is 67.6 Å². The van der Waals surface area contributed by atoms with Gasteiger partial charge in [-0.05, 0) is 19.3 Å². The van der Waals surface area contributed by atoms with Gasteiger partial charge in [-0.3, -0.25) is 4.79 Å². The Labute approximate surface area is 103 Å². The van der Waals surface area contributed by atoms with E-state index >= 15 is 0 Å². The molecule has 1 saturated carbocycles. The summed E-state index contributed by atoms with van der Waals surface area (Å²) in [5.74, 6) is 0.198. The highest BCUT2D eigenvalue weighted by atomic mass is 16.5. The molecule has 1 heterocycles. The Kier molecular flexibility index (Phi) is 4.01. The van der Waals surface area contributed by atoms with Crippen LogP contribution in [0.1, 0.15) is 25.7 Å². The van der Waals surface area contributed by atoms with E-state index in [9.17, 15) is 4.79 Å². The minimum Gasteiger partial charge on any atom is -0.378 e. The molecule has 1 saturated heterocycles. The van der Waals surface area contributed by atoms with Gasteiger partial charge in [0.15, 0.2) is 0 Å². The number of nitrogens with two attached hydrogens (primary N) is 1. The molecule has 1 unspecified atom stereocenters. The van der Waals surface area contributed by atoms with E-state index in [4.69, 9.17) is 10.5 Å². The van der Waals surface area contributed by atoms with E-state index in [1.807, 2.05) is 4.90 Å². The highest BCUT2D eigenvalue weighted by molar-refractivity contribution is 5.78. The summed E-state index contributed by atoms with van der Waals surface area (Å²) in [6.45, 7) is 2.96. The number of rotatable bonds is 4. The maximum absolute atomic E-state index is 12.3. The highest BCUT2D eigenvalue weighted by Crippen LogP contribution is 2.38. The Morgan fingerprint density at radius 3 is 2.88 bits per heavy atom. The zero-order valence-electron chi connectivity index (χ0n) is 10.6. The van der Waals surface area contributed by atoms with Crippen molar-refractivity contribution in [3.63, 3.8) is 0 Å². The number of hydrogen-bond donors (Lipinski definition) is 2. The van der Waals surface area contributed by atoms with Gasteiger partial charge in [-0.1, -0.05) is 0 Å². The summed E-state index contributed by atoms with van der Waals surface area (Å²) >= 11 is 0. The number of hydrogen-bond acceptors (Lipinski definition) is 4. The van der Waals surface area contributed by atoms with Crippen LogP contribution in [0.25, 0.3) is 0 Å². The first-order valence-corrected chi connectivity index (χ1v) is 6.46. The lowest BCUT2D eigenvalue weighted by atomic mass is 9.77. The van der Waals surface area contributed by atoms with Crippen LogP contribution in [0.5, 0.6) is 0 Å². The third-order valence-electron chi connectivity index (χ3n) is 4.11. The molecule has 17 heavy (non-hydrogen) atoms. The van der Waals surface area contributed by atoms with Crippen molar-refractivity contribution in [3.05, 3.63) is 0 Å². The lowest BCUT2D eigenvalue weighted by Crippen LogP contribution is -2.58. The molecule has 0 aromatic heterocycles. The number of piperazine rings is 1. The van der Waals surface area contributed by atoms with Crippen molar-refractivity contribution >= 4 is 5.91 Å². The van der Waals surface area contributed by atoms with Gasteiger partial charge in [0.1, 0.15) is 0 Å². The van der Waals surface area contributed by atoms with Crippen LogP contribution in [0.4, 0.5) is 0 Å². The second kappa shape index (κ2) is 5.33. The fourth-order valence-electron chi connectivity index (χ4n) is 2.70. The van der Waals surface area contributed by atoms with E-state index in [1.165, 1.54) is 6.42 Å². The zero-order chi connectivity index (χ0) is 12.3.